The third-order valence-electron chi connectivity index (χ3n) is 3.64. The maximum absolute atomic E-state index is 11.9. The predicted octanol–water partition coefficient (Wildman–Crippen LogP) is 0.819. The van der Waals surface area contributed by atoms with Gasteiger partial charge < -0.3 is 16.0 Å². The average molecular weight is 241 g/mol. The molecule has 1 amide bonds. The first-order chi connectivity index (χ1) is 8.15. The molecule has 1 atom stereocenters. The maximum Gasteiger partial charge on any atom is 0.236 e. The van der Waals surface area contributed by atoms with Crippen molar-refractivity contribution in [2.75, 3.05) is 32.7 Å². The van der Waals surface area contributed by atoms with Gasteiger partial charge in [-0.2, -0.15) is 0 Å². The third kappa shape index (κ3) is 5.04. The molecule has 0 saturated carbocycles. The van der Waals surface area contributed by atoms with E-state index in [0.29, 0.717) is 24.9 Å². The number of nitrogens with one attached hydrogen (secondary N) is 1. The molecule has 1 unspecified atom stereocenters. The average Bonchev–Trinajstić information content (AvgIpc) is 2.35. The van der Waals surface area contributed by atoms with E-state index in [0.717, 1.165) is 32.5 Å². The number of hydrogen-bond acceptors (Lipinski definition) is 3. The SMILES string of the molecule is CC(C)C(CN)CNCC(=O)N1CCCCC1. The first-order valence-corrected chi connectivity index (χ1v) is 6.83. The second kappa shape index (κ2) is 7.67. The number of nitrogens with zero attached hydrogens (tertiary/aromatic N) is 1. The van der Waals surface area contributed by atoms with Crippen LogP contribution in [-0.4, -0.2) is 43.5 Å². The summed E-state index contributed by atoms with van der Waals surface area (Å²) in [6.45, 7) is 8.20. The Labute approximate surface area is 105 Å². The fourth-order valence-corrected chi connectivity index (χ4v) is 2.21. The number of carbonyl (C=O) groups is 1. The van der Waals surface area contributed by atoms with E-state index in [-0.39, 0.29) is 5.91 Å². The van der Waals surface area contributed by atoms with E-state index in [4.69, 9.17) is 5.73 Å². The Bertz CT molecular complexity index is 225. The van der Waals surface area contributed by atoms with Gasteiger partial charge in [0.2, 0.25) is 5.91 Å². The first kappa shape index (κ1) is 14.5. The molecule has 1 aliphatic rings. The van der Waals surface area contributed by atoms with Crippen molar-refractivity contribution in [2.24, 2.45) is 17.6 Å². The predicted molar refractivity (Wildman–Crippen MR) is 70.7 cm³/mol. The molecule has 0 aromatic rings. The van der Waals surface area contributed by atoms with Gasteiger partial charge in [-0.1, -0.05) is 13.8 Å². The van der Waals surface area contributed by atoms with Crippen LogP contribution in [0.1, 0.15) is 33.1 Å². The second-order valence-electron chi connectivity index (χ2n) is 5.31. The van der Waals surface area contributed by atoms with Crippen molar-refractivity contribution in [3.63, 3.8) is 0 Å². The van der Waals surface area contributed by atoms with Gasteiger partial charge in [0.25, 0.3) is 0 Å². The Kier molecular flexibility index (Phi) is 6.52. The number of likely N-dealkylation sites (tertiary alicyclic amines) is 1. The molecule has 0 aromatic heterocycles. The zero-order valence-corrected chi connectivity index (χ0v) is 11.2. The summed E-state index contributed by atoms with van der Waals surface area (Å²) in [5.74, 6) is 1.27. The standard InChI is InChI=1S/C13H27N3O/c1-11(2)12(8-14)9-15-10-13(17)16-6-4-3-5-7-16/h11-12,15H,3-10,14H2,1-2H3. The normalized spacial score (nSPS) is 18.5. The molecule has 17 heavy (non-hydrogen) atoms. The molecule has 1 heterocycles. The Hall–Kier alpha value is -0.610. The number of nitrogens with two attached hydrogens (primary N) is 1. The monoisotopic (exact) mass is 241 g/mol. The lowest BCUT2D eigenvalue weighted by molar-refractivity contribution is -0.131. The van der Waals surface area contributed by atoms with Gasteiger partial charge in [-0.3, -0.25) is 4.79 Å². The Balaban J connectivity index is 2.18. The lowest BCUT2D eigenvalue weighted by Crippen LogP contribution is -2.43. The zero-order valence-electron chi connectivity index (χ0n) is 11.2. The van der Waals surface area contributed by atoms with Gasteiger partial charge in [-0.15, -0.1) is 0 Å². The molecule has 3 N–H and O–H groups in total. The van der Waals surface area contributed by atoms with Crippen molar-refractivity contribution >= 4 is 5.91 Å². The summed E-state index contributed by atoms with van der Waals surface area (Å²) in [5.41, 5.74) is 5.70. The highest BCUT2D eigenvalue weighted by atomic mass is 16.2. The summed E-state index contributed by atoms with van der Waals surface area (Å²) in [4.78, 5) is 13.8. The first-order valence-electron chi connectivity index (χ1n) is 6.83. The summed E-state index contributed by atoms with van der Waals surface area (Å²) in [6.07, 6.45) is 3.58. The van der Waals surface area contributed by atoms with Crippen LogP contribution >= 0.6 is 0 Å². The molecule has 1 aliphatic heterocycles. The molecular formula is C13H27N3O. The number of rotatable bonds is 6. The molecular weight excluding hydrogens is 214 g/mol. The van der Waals surface area contributed by atoms with Crippen LogP contribution in [0.15, 0.2) is 0 Å². The third-order valence-corrected chi connectivity index (χ3v) is 3.64. The van der Waals surface area contributed by atoms with Crippen molar-refractivity contribution in [3.8, 4) is 0 Å². The molecule has 0 bridgehead atoms. The highest BCUT2D eigenvalue weighted by Gasteiger charge is 2.17. The molecule has 4 nitrogen and oxygen atoms in total. The Morgan fingerprint density at radius 2 is 1.94 bits per heavy atom. The summed E-state index contributed by atoms with van der Waals surface area (Å²) in [7, 11) is 0. The van der Waals surface area contributed by atoms with Gasteiger partial charge in [0.05, 0.1) is 6.54 Å². The summed E-state index contributed by atoms with van der Waals surface area (Å²) >= 11 is 0. The second-order valence-corrected chi connectivity index (χ2v) is 5.31. The van der Waals surface area contributed by atoms with E-state index in [2.05, 4.69) is 19.2 Å². The van der Waals surface area contributed by atoms with Crippen LogP contribution in [0.5, 0.6) is 0 Å². The van der Waals surface area contributed by atoms with Gasteiger partial charge in [0, 0.05) is 13.1 Å². The summed E-state index contributed by atoms with van der Waals surface area (Å²) in [6, 6.07) is 0. The van der Waals surface area contributed by atoms with Crippen LogP contribution in [0.4, 0.5) is 0 Å². The van der Waals surface area contributed by atoms with E-state index < -0.39 is 0 Å². The minimum absolute atomic E-state index is 0.240. The molecule has 0 aromatic carbocycles. The smallest absolute Gasteiger partial charge is 0.236 e. The Morgan fingerprint density at radius 1 is 1.29 bits per heavy atom. The van der Waals surface area contributed by atoms with Gasteiger partial charge in [0.15, 0.2) is 0 Å². The number of amides is 1. The molecule has 1 rings (SSSR count). The molecule has 4 heteroatoms. The molecule has 0 aliphatic carbocycles. The van der Waals surface area contributed by atoms with E-state index >= 15 is 0 Å². The van der Waals surface area contributed by atoms with E-state index in [1.54, 1.807) is 0 Å². The van der Waals surface area contributed by atoms with Crippen molar-refractivity contribution < 1.29 is 4.79 Å². The van der Waals surface area contributed by atoms with Crippen LogP contribution in [0, 0.1) is 11.8 Å². The fraction of sp³-hybridized carbons (Fsp3) is 0.923. The fourth-order valence-electron chi connectivity index (χ4n) is 2.21. The van der Waals surface area contributed by atoms with Crippen LogP contribution in [0.2, 0.25) is 0 Å². The van der Waals surface area contributed by atoms with Crippen molar-refractivity contribution in [2.45, 2.75) is 33.1 Å². The lowest BCUT2D eigenvalue weighted by atomic mass is 9.96. The zero-order chi connectivity index (χ0) is 12.7. The lowest BCUT2D eigenvalue weighted by Gasteiger charge is -2.27. The topological polar surface area (TPSA) is 58.4 Å². The van der Waals surface area contributed by atoms with E-state index in [9.17, 15) is 4.79 Å². The van der Waals surface area contributed by atoms with Crippen LogP contribution in [0.25, 0.3) is 0 Å². The largest absolute Gasteiger partial charge is 0.342 e. The molecule has 0 radical (unpaired) electrons. The van der Waals surface area contributed by atoms with Gasteiger partial charge >= 0.3 is 0 Å². The minimum Gasteiger partial charge on any atom is -0.342 e. The number of hydrogen-bond donors (Lipinski definition) is 2. The van der Waals surface area contributed by atoms with E-state index in [1.165, 1.54) is 6.42 Å². The highest BCUT2D eigenvalue weighted by molar-refractivity contribution is 5.78. The van der Waals surface area contributed by atoms with E-state index in [1.807, 2.05) is 4.90 Å². The van der Waals surface area contributed by atoms with Crippen LogP contribution in [-0.2, 0) is 4.79 Å². The summed E-state index contributed by atoms with van der Waals surface area (Å²) < 4.78 is 0. The molecule has 0 spiro atoms. The minimum atomic E-state index is 0.240. The Morgan fingerprint density at radius 3 is 2.47 bits per heavy atom. The van der Waals surface area contributed by atoms with Crippen LogP contribution in [0.3, 0.4) is 0 Å². The molecule has 100 valence electrons. The highest BCUT2D eigenvalue weighted by Crippen LogP contribution is 2.09. The maximum atomic E-state index is 11.9. The molecule has 1 saturated heterocycles. The van der Waals surface area contributed by atoms with Crippen molar-refractivity contribution in [1.82, 2.24) is 10.2 Å². The quantitative estimate of drug-likeness (QED) is 0.724. The van der Waals surface area contributed by atoms with Crippen molar-refractivity contribution in [3.05, 3.63) is 0 Å². The van der Waals surface area contributed by atoms with Gasteiger partial charge in [-0.05, 0) is 44.2 Å². The summed E-state index contributed by atoms with van der Waals surface area (Å²) in [5, 5.41) is 3.24. The van der Waals surface area contributed by atoms with Gasteiger partial charge in [-0.25, -0.2) is 0 Å². The van der Waals surface area contributed by atoms with Crippen molar-refractivity contribution in [1.29, 1.82) is 0 Å². The number of carbonyl (C=O) groups excluding carboxylic acids is 1. The molecule has 1 fully saturated rings. The number of piperidine rings is 1. The van der Waals surface area contributed by atoms with Crippen LogP contribution < -0.4 is 11.1 Å². The van der Waals surface area contributed by atoms with Gasteiger partial charge in [0.1, 0.15) is 0 Å².